The van der Waals surface area contributed by atoms with Crippen LogP contribution in [0, 0.1) is 5.92 Å². The standard InChI is InChI=1S/C16H19ClN2O2/c1-21-8-7-19-15(14(17)10-18-19)16(20)13-9-12(13)11-5-3-2-4-6-11/h2-6,10,12-13,16,20H,7-9H2,1H3. The molecular weight excluding hydrogens is 288 g/mol. The van der Waals surface area contributed by atoms with Crippen molar-refractivity contribution >= 4 is 11.6 Å². The number of hydrogen-bond acceptors (Lipinski definition) is 3. The third kappa shape index (κ3) is 2.98. The molecule has 1 heterocycles. The minimum atomic E-state index is -0.581. The van der Waals surface area contributed by atoms with E-state index in [0.29, 0.717) is 29.8 Å². The molecule has 0 spiro atoms. The normalized spacial score (nSPS) is 22.2. The first-order chi connectivity index (χ1) is 10.2. The Morgan fingerprint density at radius 1 is 1.43 bits per heavy atom. The first-order valence-electron chi connectivity index (χ1n) is 7.15. The van der Waals surface area contributed by atoms with Crippen molar-refractivity contribution in [3.8, 4) is 0 Å². The van der Waals surface area contributed by atoms with Crippen LogP contribution in [-0.4, -0.2) is 28.6 Å². The highest BCUT2D eigenvalue weighted by Crippen LogP contribution is 2.54. The summed E-state index contributed by atoms with van der Waals surface area (Å²) in [5.74, 6) is 0.617. The Kier molecular flexibility index (Phi) is 4.29. The van der Waals surface area contributed by atoms with Crippen LogP contribution in [0.4, 0.5) is 0 Å². The van der Waals surface area contributed by atoms with Gasteiger partial charge in [0.25, 0.3) is 0 Å². The molecule has 21 heavy (non-hydrogen) atoms. The molecule has 1 aromatic heterocycles. The monoisotopic (exact) mass is 306 g/mol. The Morgan fingerprint density at radius 2 is 2.19 bits per heavy atom. The number of nitrogens with zero attached hydrogens (tertiary/aromatic N) is 2. The molecule has 3 atom stereocenters. The highest BCUT2D eigenvalue weighted by molar-refractivity contribution is 6.31. The van der Waals surface area contributed by atoms with Crippen molar-refractivity contribution in [1.82, 2.24) is 9.78 Å². The summed E-state index contributed by atoms with van der Waals surface area (Å²) in [4.78, 5) is 0. The second-order valence-corrected chi connectivity index (χ2v) is 5.86. The van der Waals surface area contributed by atoms with Gasteiger partial charge in [0.15, 0.2) is 0 Å². The molecule has 1 aliphatic rings. The lowest BCUT2D eigenvalue weighted by atomic mass is 10.1. The number of hydrogen-bond donors (Lipinski definition) is 1. The summed E-state index contributed by atoms with van der Waals surface area (Å²) in [6.07, 6.45) is 1.99. The molecule has 1 aromatic carbocycles. The number of rotatable bonds is 6. The van der Waals surface area contributed by atoms with Gasteiger partial charge in [0.2, 0.25) is 0 Å². The predicted octanol–water partition coefficient (Wildman–Crippen LogP) is 3.02. The van der Waals surface area contributed by atoms with E-state index in [0.717, 1.165) is 6.42 Å². The van der Waals surface area contributed by atoms with Gasteiger partial charge in [0.05, 0.1) is 30.1 Å². The van der Waals surface area contributed by atoms with Crippen LogP contribution < -0.4 is 0 Å². The van der Waals surface area contributed by atoms with E-state index in [1.54, 1.807) is 18.0 Å². The number of benzene rings is 1. The summed E-state index contributed by atoms with van der Waals surface area (Å²) < 4.78 is 6.82. The minimum Gasteiger partial charge on any atom is -0.386 e. The summed E-state index contributed by atoms with van der Waals surface area (Å²) in [6, 6.07) is 10.3. The average Bonchev–Trinajstić information content (AvgIpc) is 3.23. The van der Waals surface area contributed by atoms with E-state index in [-0.39, 0.29) is 5.92 Å². The van der Waals surface area contributed by atoms with Gasteiger partial charge in [-0.25, -0.2) is 0 Å². The number of aliphatic hydroxyl groups excluding tert-OH is 1. The van der Waals surface area contributed by atoms with E-state index in [1.165, 1.54) is 5.56 Å². The van der Waals surface area contributed by atoms with E-state index < -0.39 is 6.10 Å². The Labute approximate surface area is 129 Å². The van der Waals surface area contributed by atoms with Crippen molar-refractivity contribution in [3.05, 3.63) is 52.8 Å². The molecular formula is C16H19ClN2O2. The van der Waals surface area contributed by atoms with Crippen LogP contribution in [-0.2, 0) is 11.3 Å². The van der Waals surface area contributed by atoms with Crippen LogP contribution in [0.1, 0.15) is 29.7 Å². The van der Waals surface area contributed by atoms with Gasteiger partial charge in [0, 0.05) is 7.11 Å². The molecule has 0 amide bonds. The van der Waals surface area contributed by atoms with Crippen molar-refractivity contribution < 1.29 is 9.84 Å². The maximum atomic E-state index is 10.7. The third-order valence-corrected chi connectivity index (χ3v) is 4.38. The lowest BCUT2D eigenvalue weighted by Crippen LogP contribution is -2.14. The zero-order valence-corrected chi connectivity index (χ0v) is 12.7. The smallest absolute Gasteiger partial charge is 0.101 e. The SMILES string of the molecule is COCCn1ncc(Cl)c1C(O)C1CC1c1ccccc1. The highest BCUT2D eigenvalue weighted by Gasteiger charge is 2.45. The van der Waals surface area contributed by atoms with Gasteiger partial charge >= 0.3 is 0 Å². The van der Waals surface area contributed by atoms with Gasteiger partial charge in [-0.3, -0.25) is 4.68 Å². The second kappa shape index (κ2) is 6.18. The zero-order valence-electron chi connectivity index (χ0n) is 11.9. The fourth-order valence-corrected chi connectivity index (χ4v) is 3.12. The van der Waals surface area contributed by atoms with Crippen molar-refractivity contribution in [3.63, 3.8) is 0 Å². The van der Waals surface area contributed by atoms with Crippen molar-refractivity contribution in [1.29, 1.82) is 0 Å². The molecule has 0 bridgehead atoms. The summed E-state index contributed by atoms with van der Waals surface area (Å²) in [6.45, 7) is 1.14. The molecule has 3 rings (SSSR count). The molecule has 1 fully saturated rings. The molecule has 1 saturated carbocycles. The maximum Gasteiger partial charge on any atom is 0.101 e. The number of methoxy groups -OCH3 is 1. The van der Waals surface area contributed by atoms with Crippen molar-refractivity contribution in [2.24, 2.45) is 5.92 Å². The van der Waals surface area contributed by atoms with Crippen molar-refractivity contribution in [2.45, 2.75) is 25.0 Å². The maximum absolute atomic E-state index is 10.7. The Hall–Kier alpha value is -1.36. The Balaban J connectivity index is 1.75. The number of ether oxygens (including phenoxy) is 1. The Bertz CT molecular complexity index is 600. The van der Waals surface area contributed by atoms with Crippen LogP contribution >= 0.6 is 11.6 Å². The third-order valence-electron chi connectivity index (χ3n) is 4.09. The molecule has 112 valence electrons. The van der Waals surface area contributed by atoms with E-state index in [9.17, 15) is 5.11 Å². The van der Waals surface area contributed by atoms with Crippen LogP contribution in [0.3, 0.4) is 0 Å². The van der Waals surface area contributed by atoms with Crippen molar-refractivity contribution in [2.75, 3.05) is 13.7 Å². The second-order valence-electron chi connectivity index (χ2n) is 5.46. The first-order valence-corrected chi connectivity index (χ1v) is 7.53. The summed E-state index contributed by atoms with van der Waals surface area (Å²) in [7, 11) is 1.65. The molecule has 4 nitrogen and oxygen atoms in total. The van der Waals surface area contributed by atoms with Gasteiger partial charge in [-0.15, -0.1) is 0 Å². The molecule has 1 aliphatic carbocycles. The van der Waals surface area contributed by atoms with Gasteiger partial charge in [-0.05, 0) is 23.8 Å². The van der Waals surface area contributed by atoms with Gasteiger partial charge in [-0.1, -0.05) is 41.9 Å². The van der Waals surface area contributed by atoms with E-state index >= 15 is 0 Å². The molecule has 0 radical (unpaired) electrons. The topological polar surface area (TPSA) is 47.3 Å². The van der Waals surface area contributed by atoms with Gasteiger partial charge in [0.1, 0.15) is 6.10 Å². The lowest BCUT2D eigenvalue weighted by molar-refractivity contribution is 0.133. The van der Waals surface area contributed by atoms with Crippen LogP contribution in [0.5, 0.6) is 0 Å². The van der Waals surface area contributed by atoms with Crippen LogP contribution in [0.2, 0.25) is 5.02 Å². The van der Waals surface area contributed by atoms with E-state index in [1.807, 2.05) is 18.2 Å². The number of aliphatic hydroxyl groups is 1. The zero-order chi connectivity index (χ0) is 14.8. The number of aromatic nitrogens is 2. The van der Waals surface area contributed by atoms with Crippen LogP contribution in [0.25, 0.3) is 0 Å². The van der Waals surface area contributed by atoms with Gasteiger partial charge < -0.3 is 9.84 Å². The summed E-state index contributed by atoms with van der Waals surface area (Å²) >= 11 is 6.20. The van der Waals surface area contributed by atoms with E-state index in [2.05, 4.69) is 17.2 Å². The molecule has 3 unspecified atom stereocenters. The Morgan fingerprint density at radius 3 is 2.90 bits per heavy atom. The molecule has 2 aromatic rings. The van der Waals surface area contributed by atoms with Crippen LogP contribution in [0.15, 0.2) is 36.5 Å². The predicted molar refractivity (Wildman–Crippen MR) is 81.4 cm³/mol. The fourth-order valence-electron chi connectivity index (χ4n) is 2.87. The fraction of sp³-hybridized carbons (Fsp3) is 0.438. The summed E-state index contributed by atoms with van der Waals surface area (Å²) in [5, 5.41) is 15.4. The number of halogens is 1. The highest BCUT2D eigenvalue weighted by atomic mass is 35.5. The molecule has 1 N–H and O–H groups in total. The van der Waals surface area contributed by atoms with E-state index in [4.69, 9.17) is 16.3 Å². The largest absolute Gasteiger partial charge is 0.386 e. The average molecular weight is 307 g/mol. The molecule has 5 heteroatoms. The first kappa shape index (κ1) is 14.6. The minimum absolute atomic E-state index is 0.211. The quantitative estimate of drug-likeness (QED) is 0.892. The van der Waals surface area contributed by atoms with Gasteiger partial charge in [-0.2, -0.15) is 5.10 Å². The molecule has 0 aliphatic heterocycles. The molecule has 0 saturated heterocycles. The summed E-state index contributed by atoms with van der Waals surface area (Å²) in [5.41, 5.74) is 1.98. The lowest BCUT2D eigenvalue weighted by Gasteiger charge is -2.14.